The third kappa shape index (κ3) is 4.80. The minimum Gasteiger partial charge on any atom is -0.494 e. The molecule has 0 bridgehead atoms. The molecule has 1 fully saturated rings. The summed E-state index contributed by atoms with van der Waals surface area (Å²) in [5.41, 5.74) is 4.16. The van der Waals surface area contributed by atoms with Crippen LogP contribution in [0.25, 0.3) is 11.0 Å². The molecule has 5 rings (SSSR count). The molecular formula is C28H28ClN3O2. The van der Waals surface area contributed by atoms with Crippen LogP contribution in [0.15, 0.2) is 72.8 Å². The van der Waals surface area contributed by atoms with Gasteiger partial charge in [-0.2, -0.15) is 0 Å². The van der Waals surface area contributed by atoms with E-state index in [1.807, 2.05) is 59.5 Å². The highest BCUT2D eigenvalue weighted by Gasteiger charge is 2.34. The number of nitrogens with zero attached hydrogens (tertiary/aromatic N) is 3. The molecule has 0 aliphatic carbocycles. The molecule has 34 heavy (non-hydrogen) atoms. The molecule has 4 aromatic rings. The SMILES string of the molecule is Cc1ccc(OCCCCn2c([C@H]3CC(=O)N(c4cccc(Cl)c4)C3)nc3ccccc32)cc1. The van der Waals surface area contributed by atoms with Crippen LogP contribution in [0.3, 0.4) is 0 Å². The fourth-order valence-corrected chi connectivity index (χ4v) is 4.80. The molecule has 1 aromatic heterocycles. The summed E-state index contributed by atoms with van der Waals surface area (Å²) in [5, 5.41) is 0.633. The second-order valence-corrected chi connectivity index (χ2v) is 9.30. The minimum atomic E-state index is 0.0442. The predicted octanol–water partition coefficient (Wildman–Crippen LogP) is 6.38. The zero-order valence-electron chi connectivity index (χ0n) is 19.3. The van der Waals surface area contributed by atoms with Crippen LogP contribution in [-0.4, -0.2) is 28.6 Å². The largest absolute Gasteiger partial charge is 0.494 e. The molecule has 174 valence electrons. The number of carbonyl (C=O) groups excluding carboxylic acids is 1. The Kier molecular flexibility index (Phi) is 6.54. The Bertz CT molecular complexity index is 1300. The van der Waals surface area contributed by atoms with Gasteiger partial charge in [0.1, 0.15) is 11.6 Å². The lowest BCUT2D eigenvalue weighted by Gasteiger charge is -2.18. The number of unbranched alkanes of at least 4 members (excludes halogenated alkanes) is 1. The van der Waals surface area contributed by atoms with Crippen molar-refractivity contribution in [3.05, 3.63) is 89.2 Å². The van der Waals surface area contributed by atoms with Gasteiger partial charge in [0.2, 0.25) is 5.91 Å². The first-order chi connectivity index (χ1) is 16.6. The summed E-state index contributed by atoms with van der Waals surface area (Å²) >= 11 is 6.17. The van der Waals surface area contributed by atoms with Crippen LogP contribution >= 0.6 is 11.6 Å². The number of anilines is 1. The van der Waals surface area contributed by atoms with Crippen molar-refractivity contribution in [2.45, 2.75) is 38.6 Å². The number of carbonyl (C=O) groups is 1. The van der Waals surface area contributed by atoms with E-state index in [9.17, 15) is 4.79 Å². The highest BCUT2D eigenvalue weighted by molar-refractivity contribution is 6.30. The Hall–Kier alpha value is -3.31. The molecule has 1 amide bonds. The number of rotatable bonds is 8. The predicted molar refractivity (Wildman–Crippen MR) is 137 cm³/mol. The molecule has 0 unspecified atom stereocenters. The lowest BCUT2D eigenvalue weighted by Crippen LogP contribution is -2.24. The smallest absolute Gasteiger partial charge is 0.227 e. The van der Waals surface area contributed by atoms with Crippen LogP contribution in [0.5, 0.6) is 5.75 Å². The Balaban J connectivity index is 1.29. The second-order valence-electron chi connectivity index (χ2n) is 8.86. The number of hydrogen-bond acceptors (Lipinski definition) is 3. The molecule has 5 nitrogen and oxygen atoms in total. The molecule has 0 radical (unpaired) electrons. The number of halogens is 1. The third-order valence-electron chi connectivity index (χ3n) is 6.36. The maximum absolute atomic E-state index is 12.9. The van der Waals surface area contributed by atoms with E-state index in [-0.39, 0.29) is 11.8 Å². The molecule has 2 heterocycles. The van der Waals surface area contributed by atoms with E-state index >= 15 is 0 Å². The first-order valence-corrected chi connectivity index (χ1v) is 12.2. The summed E-state index contributed by atoms with van der Waals surface area (Å²) in [5.74, 6) is 2.04. The number of para-hydroxylation sites is 2. The van der Waals surface area contributed by atoms with Gasteiger partial charge >= 0.3 is 0 Å². The van der Waals surface area contributed by atoms with Gasteiger partial charge in [0, 0.05) is 36.1 Å². The van der Waals surface area contributed by atoms with Crippen molar-refractivity contribution >= 4 is 34.2 Å². The van der Waals surface area contributed by atoms with Crippen LogP contribution in [0.2, 0.25) is 5.02 Å². The van der Waals surface area contributed by atoms with E-state index < -0.39 is 0 Å². The summed E-state index contributed by atoms with van der Waals surface area (Å²) in [6.07, 6.45) is 2.36. The molecule has 0 N–H and O–H groups in total. The van der Waals surface area contributed by atoms with Crippen LogP contribution < -0.4 is 9.64 Å². The van der Waals surface area contributed by atoms with E-state index in [4.69, 9.17) is 21.3 Å². The molecule has 6 heteroatoms. The van der Waals surface area contributed by atoms with Crippen molar-refractivity contribution in [1.82, 2.24) is 9.55 Å². The van der Waals surface area contributed by atoms with E-state index in [1.165, 1.54) is 5.56 Å². The Morgan fingerprint density at radius 3 is 2.68 bits per heavy atom. The summed E-state index contributed by atoms with van der Waals surface area (Å²) in [4.78, 5) is 19.7. The van der Waals surface area contributed by atoms with Gasteiger partial charge in [-0.05, 0) is 62.2 Å². The van der Waals surface area contributed by atoms with Gasteiger partial charge < -0.3 is 14.2 Å². The number of amides is 1. The lowest BCUT2D eigenvalue weighted by atomic mass is 10.1. The Morgan fingerprint density at radius 2 is 1.85 bits per heavy atom. The van der Waals surface area contributed by atoms with Crippen LogP contribution in [0.1, 0.15) is 36.6 Å². The van der Waals surface area contributed by atoms with Crippen LogP contribution in [0.4, 0.5) is 5.69 Å². The quantitative estimate of drug-likeness (QED) is 0.279. The molecule has 3 aromatic carbocycles. The van der Waals surface area contributed by atoms with Gasteiger partial charge in [-0.1, -0.05) is 47.5 Å². The van der Waals surface area contributed by atoms with Crippen molar-refractivity contribution in [1.29, 1.82) is 0 Å². The number of imidazole rings is 1. The number of hydrogen-bond donors (Lipinski definition) is 0. The molecule has 1 saturated heterocycles. The minimum absolute atomic E-state index is 0.0442. The first kappa shape index (κ1) is 22.5. The van der Waals surface area contributed by atoms with E-state index in [0.29, 0.717) is 24.6 Å². The zero-order chi connectivity index (χ0) is 23.5. The van der Waals surface area contributed by atoms with Gasteiger partial charge in [-0.25, -0.2) is 4.98 Å². The Labute approximate surface area is 204 Å². The van der Waals surface area contributed by atoms with Crippen LogP contribution in [-0.2, 0) is 11.3 Å². The fourth-order valence-electron chi connectivity index (χ4n) is 4.61. The standard InChI is InChI=1S/C28H28ClN3O2/c1-20-11-13-24(14-12-20)34-16-5-4-15-31-26-10-3-2-9-25(26)30-28(31)21-17-27(33)32(19-21)23-8-6-7-22(29)18-23/h2-3,6-14,18,21H,4-5,15-17,19H2,1H3/t21-/m0/s1. The van der Waals surface area contributed by atoms with Gasteiger partial charge in [0.15, 0.2) is 0 Å². The fraction of sp³-hybridized carbons (Fsp3) is 0.286. The average Bonchev–Trinajstić information content (AvgIpc) is 3.40. The number of aromatic nitrogens is 2. The van der Waals surface area contributed by atoms with Gasteiger partial charge in [-0.15, -0.1) is 0 Å². The average molecular weight is 474 g/mol. The number of fused-ring (bicyclic) bond motifs is 1. The van der Waals surface area contributed by atoms with Crippen molar-refractivity contribution in [2.24, 2.45) is 0 Å². The number of benzene rings is 3. The van der Waals surface area contributed by atoms with Crippen molar-refractivity contribution in [2.75, 3.05) is 18.1 Å². The highest BCUT2D eigenvalue weighted by Crippen LogP contribution is 2.34. The van der Waals surface area contributed by atoms with E-state index in [0.717, 1.165) is 47.7 Å². The number of ether oxygens (including phenoxy) is 1. The number of aryl methyl sites for hydroxylation is 2. The molecular weight excluding hydrogens is 446 g/mol. The monoisotopic (exact) mass is 473 g/mol. The van der Waals surface area contributed by atoms with Crippen LogP contribution in [0, 0.1) is 6.92 Å². The first-order valence-electron chi connectivity index (χ1n) is 11.8. The summed E-state index contributed by atoms with van der Waals surface area (Å²) in [7, 11) is 0. The maximum Gasteiger partial charge on any atom is 0.227 e. The molecule has 1 atom stereocenters. The van der Waals surface area contributed by atoms with Gasteiger partial charge in [-0.3, -0.25) is 4.79 Å². The summed E-state index contributed by atoms with van der Waals surface area (Å²) in [6, 6.07) is 23.9. The second kappa shape index (κ2) is 9.90. The van der Waals surface area contributed by atoms with Crippen molar-refractivity contribution in [3.8, 4) is 5.75 Å². The summed E-state index contributed by atoms with van der Waals surface area (Å²) in [6.45, 7) is 4.20. The molecule has 1 aliphatic heterocycles. The molecule has 0 spiro atoms. The van der Waals surface area contributed by atoms with Gasteiger partial charge in [0.25, 0.3) is 0 Å². The normalized spacial score (nSPS) is 15.9. The van der Waals surface area contributed by atoms with Crippen molar-refractivity contribution in [3.63, 3.8) is 0 Å². The molecule has 1 aliphatic rings. The molecule has 0 saturated carbocycles. The topological polar surface area (TPSA) is 47.4 Å². The zero-order valence-corrected chi connectivity index (χ0v) is 20.0. The summed E-state index contributed by atoms with van der Waals surface area (Å²) < 4.78 is 8.19. The lowest BCUT2D eigenvalue weighted by molar-refractivity contribution is -0.117. The maximum atomic E-state index is 12.9. The highest BCUT2D eigenvalue weighted by atomic mass is 35.5. The van der Waals surface area contributed by atoms with Crippen molar-refractivity contribution < 1.29 is 9.53 Å². The van der Waals surface area contributed by atoms with E-state index in [2.05, 4.69) is 29.7 Å². The Morgan fingerprint density at radius 1 is 1.03 bits per heavy atom. The van der Waals surface area contributed by atoms with Gasteiger partial charge in [0.05, 0.1) is 17.6 Å². The third-order valence-corrected chi connectivity index (χ3v) is 6.60. The van der Waals surface area contributed by atoms with E-state index in [1.54, 1.807) is 0 Å².